The van der Waals surface area contributed by atoms with Crippen LogP contribution < -0.4 is 15.5 Å². The monoisotopic (exact) mass is 354 g/mol. The molecule has 2 aromatic rings. The van der Waals surface area contributed by atoms with Gasteiger partial charge in [0.05, 0.1) is 13.1 Å². The van der Waals surface area contributed by atoms with Crippen molar-refractivity contribution in [2.45, 2.75) is 39.3 Å². The van der Waals surface area contributed by atoms with E-state index in [1.165, 1.54) is 42.6 Å². The van der Waals surface area contributed by atoms with Crippen molar-refractivity contribution in [3.8, 4) is 0 Å². The number of anilines is 1. The van der Waals surface area contributed by atoms with Crippen molar-refractivity contribution in [2.75, 3.05) is 18.4 Å². The Hall–Kier alpha value is -1.91. The molecule has 1 saturated heterocycles. The van der Waals surface area contributed by atoms with Crippen LogP contribution in [0, 0.1) is 0 Å². The third-order valence-electron chi connectivity index (χ3n) is 4.90. The van der Waals surface area contributed by atoms with E-state index in [9.17, 15) is 0 Å². The number of quaternary nitrogens is 1. The van der Waals surface area contributed by atoms with E-state index in [2.05, 4.69) is 66.1 Å². The summed E-state index contributed by atoms with van der Waals surface area (Å²) in [6.45, 7) is 6.65. The molecule has 0 spiro atoms. The lowest BCUT2D eigenvalue weighted by Crippen LogP contribution is -3.08. The Balaban J connectivity index is 1.56. The number of likely N-dealkylation sites (tertiary alicyclic amines) is 1. The maximum absolute atomic E-state index is 5.47. The van der Waals surface area contributed by atoms with Gasteiger partial charge < -0.3 is 15.5 Å². The zero-order valence-corrected chi connectivity index (χ0v) is 15.8. The lowest BCUT2D eigenvalue weighted by Gasteiger charge is -2.16. The first-order chi connectivity index (χ1) is 12.2. The van der Waals surface area contributed by atoms with Gasteiger partial charge in [-0.25, -0.2) is 0 Å². The Bertz CT molecular complexity index is 708. The standard InChI is InChI=1S/C21H27N3S/c1-2-17-8-7-11-20(14-17)23-21(25)22-15-18-9-3-4-10-19(18)16-24-12-5-6-13-24/h3-4,7-11,14H,2,5-6,12-13,15-16H2,1H3,(H2,22,23,25)/p+1. The van der Waals surface area contributed by atoms with Gasteiger partial charge in [0.1, 0.15) is 6.54 Å². The van der Waals surface area contributed by atoms with Crippen LogP contribution >= 0.6 is 12.2 Å². The maximum atomic E-state index is 5.47. The fourth-order valence-electron chi connectivity index (χ4n) is 3.44. The minimum Gasteiger partial charge on any atom is -0.358 e. The van der Waals surface area contributed by atoms with E-state index in [-0.39, 0.29) is 0 Å². The summed E-state index contributed by atoms with van der Waals surface area (Å²) in [4.78, 5) is 1.70. The zero-order valence-electron chi connectivity index (χ0n) is 15.0. The van der Waals surface area contributed by atoms with E-state index in [1.54, 1.807) is 4.90 Å². The maximum Gasteiger partial charge on any atom is 0.171 e. The van der Waals surface area contributed by atoms with Crippen molar-refractivity contribution in [1.82, 2.24) is 5.32 Å². The average molecular weight is 355 g/mol. The number of nitrogens with one attached hydrogen (secondary N) is 3. The van der Waals surface area contributed by atoms with Gasteiger partial charge in [-0.1, -0.05) is 43.3 Å². The van der Waals surface area contributed by atoms with Gasteiger partial charge in [-0.3, -0.25) is 0 Å². The molecule has 3 rings (SSSR count). The second-order valence-corrected chi connectivity index (χ2v) is 7.17. The average Bonchev–Trinajstić information content (AvgIpc) is 3.14. The molecule has 1 heterocycles. The first-order valence-electron chi connectivity index (χ1n) is 9.28. The molecule has 0 saturated carbocycles. The summed E-state index contributed by atoms with van der Waals surface area (Å²) in [5.74, 6) is 0. The summed E-state index contributed by atoms with van der Waals surface area (Å²) >= 11 is 5.47. The van der Waals surface area contributed by atoms with Gasteiger partial charge in [-0.05, 0) is 41.9 Å². The summed E-state index contributed by atoms with van der Waals surface area (Å²) in [5, 5.41) is 7.33. The van der Waals surface area contributed by atoms with Gasteiger partial charge in [0, 0.05) is 30.6 Å². The molecule has 2 aromatic carbocycles. The molecule has 0 amide bonds. The molecule has 3 nitrogen and oxygen atoms in total. The molecule has 25 heavy (non-hydrogen) atoms. The lowest BCUT2D eigenvalue weighted by atomic mass is 10.1. The molecular formula is C21H28N3S+. The van der Waals surface area contributed by atoms with Crippen LogP contribution in [-0.4, -0.2) is 18.2 Å². The summed E-state index contributed by atoms with van der Waals surface area (Å²) in [6, 6.07) is 17.1. The van der Waals surface area contributed by atoms with Gasteiger partial charge in [-0.15, -0.1) is 0 Å². The number of aryl methyl sites for hydroxylation is 1. The second-order valence-electron chi connectivity index (χ2n) is 6.76. The van der Waals surface area contributed by atoms with Crippen molar-refractivity contribution in [1.29, 1.82) is 0 Å². The second kappa shape index (κ2) is 8.97. The van der Waals surface area contributed by atoms with Crippen molar-refractivity contribution < 1.29 is 4.90 Å². The number of benzene rings is 2. The minimum absolute atomic E-state index is 0.677. The lowest BCUT2D eigenvalue weighted by molar-refractivity contribution is -0.901. The predicted octanol–water partition coefficient (Wildman–Crippen LogP) is 2.91. The smallest absolute Gasteiger partial charge is 0.171 e. The molecule has 0 aromatic heterocycles. The normalized spacial score (nSPS) is 14.4. The molecule has 1 aliphatic rings. The molecule has 132 valence electrons. The largest absolute Gasteiger partial charge is 0.358 e. The van der Waals surface area contributed by atoms with Crippen LogP contribution in [0.5, 0.6) is 0 Å². The fourth-order valence-corrected chi connectivity index (χ4v) is 3.63. The first-order valence-corrected chi connectivity index (χ1v) is 9.69. The SMILES string of the molecule is CCc1cccc(NC(=S)NCc2ccccc2C[NH+]2CCCC2)c1. The van der Waals surface area contributed by atoms with Gasteiger partial charge in [0.2, 0.25) is 0 Å². The van der Waals surface area contributed by atoms with Crippen LogP contribution in [0.2, 0.25) is 0 Å². The molecule has 0 radical (unpaired) electrons. The summed E-state index contributed by atoms with van der Waals surface area (Å²) in [7, 11) is 0. The third kappa shape index (κ3) is 5.28. The fraction of sp³-hybridized carbons (Fsp3) is 0.381. The van der Waals surface area contributed by atoms with Gasteiger partial charge in [0.25, 0.3) is 0 Å². The van der Waals surface area contributed by atoms with Crippen LogP contribution in [0.3, 0.4) is 0 Å². The van der Waals surface area contributed by atoms with E-state index in [0.717, 1.165) is 25.2 Å². The molecule has 1 aliphatic heterocycles. The highest BCUT2D eigenvalue weighted by Crippen LogP contribution is 2.12. The van der Waals surface area contributed by atoms with E-state index < -0.39 is 0 Å². The van der Waals surface area contributed by atoms with E-state index in [1.807, 2.05) is 0 Å². The number of thiocarbonyl (C=S) groups is 1. The van der Waals surface area contributed by atoms with E-state index in [4.69, 9.17) is 12.2 Å². The Kier molecular flexibility index (Phi) is 6.42. The van der Waals surface area contributed by atoms with Crippen molar-refractivity contribution in [3.63, 3.8) is 0 Å². The Morgan fingerprint density at radius 2 is 1.80 bits per heavy atom. The summed E-state index contributed by atoms with van der Waals surface area (Å²) < 4.78 is 0. The van der Waals surface area contributed by atoms with Crippen molar-refractivity contribution in [3.05, 3.63) is 65.2 Å². The molecular weight excluding hydrogens is 326 g/mol. The predicted molar refractivity (Wildman–Crippen MR) is 109 cm³/mol. The van der Waals surface area contributed by atoms with Crippen molar-refractivity contribution >= 4 is 23.0 Å². The Morgan fingerprint density at radius 1 is 1.04 bits per heavy atom. The number of hydrogen-bond acceptors (Lipinski definition) is 1. The molecule has 0 bridgehead atoms. The van der Waals surface area contributed by atoms with Crippen LogP contribution in [0.1, 0.15) is 36.5 Å². The van der Waals surface area contributed by atoms with Gasteiger partial charge in [-0.2, -0.15) is 0 Å². The zero-order chi connectivity index (χ0) is 17.5. The number of hydrogen-bond donors (Lipinski definition) is 3. The van der Waals surface area contributed by atoms with Gasteiger partial charge in [0.15, 0.2) is 5.11 Å². The highest BCUT2D eigenvalue weighted by Gasteiger charge is 2.17. The molecule has 0 atom stereocenters. The highest BCUT2D eigenvalue weighted by atomic mass is 32.1. The molecule has 0 unspecified atom stereocenters. The highest BCUT2D eigenvalue weighted by molar-refractivity contribution is 7.80. The third-order valence-corrected chi connectivity index (χ3v) is 5.15. The topological polar surface area (TPSA) is 28.5 Å². The van der Waals surface area contributed by atoms with E-state index in [0.29, 0.717) is 5.11 Å². The van der Waals surface area contributed by atoms with Crippen LogP contribution in [0.4, 0.5) is 5.69 Å². The summed E-state index contributed by atoms with van der Waals surface area (Å²) in [6.07, 6.45) is 3.75. The molecule has 3 N–H and O–H groups in total. The Morgan fingerprint density at radius 3 is 2.56 bits per heavy atom. The van der Waals surface area contributed by atoms with Crippen LogP contribution in [0.15, 0.2) is 48.5 Å². The van der Waals surface area contributed by atoms with E-state index >= 15 is 0 Å². The molecule has 1 fully saturated rings. The van der Waals surface area contributed by atoms with Gasteiger partial charge >= 0.3 is 0 Å². The quantitative estimate of drug-likeness (QED) is 0.697. The molecule has 0 aliphatic carbocycles. The first kappa shape index (κ1) is 17.9. The summed E-state index contributed by atoms with van der Waals surface area (Å²) in [5.41, 5.74) is 5.13. The van der Waals surface area contributed by atoms with Crippen molar-refractivity contribution in [2.24, 2.45) is 0 Å². The molecule has 4 heteroatoms. The number of rotatable bonds is 6. The minimum atomic E-state index is 0.677. The van der Waals surface area contributed by atoms with Crippen LogP contribution in [0.25, 0.3) is 0 Å². The van der Waals surface area contributed by atoms with Crippen LogP contribution in [-0.2, 0) is 19.5 Å². The Labute approximate surface area is 156 Å².